The van der Waals surface area contributed by atoms with Crippen LogP contribution in [0, 0.1) is 0 Å². The zero-order valence-corrected chi connectivity index (χ0v) is 12.7. The van der Waals surface area contributed by atoms with Crippen LogP contribution in [-0.2, 0) is 4.74 Å². The molecule has 3 nitrogen and oxygen atoms in total. The molecule has 2 rings (SSSR count). The zero-order chi connectivity index (χ0) is 13.5. The fourth-order valence-electron chi connectivity index (χ4n) is 2.30. The minimum Gasteiger partial charge on any atom is -0.383 e. The Morgan fingerprint density at radius 3 is 3.05 bits per heavy atom. The SMILES string of the molecule is COCCN(C)CCNCC1CSc2ccccc21. The van der Waals surface area contributed by atoms with Gasteiger partial charge in [-0.05, 0) is 18.7 Å². The van der Waals surface area contributed by atoms with Crippen molar-refractivity contribution in [2.75, 3.05) is 52.7 Å². The van der Waals surface area contributed by atoms with Gasteiger partial charge in [-0.3, -0.25) is 0 Å². The number of hydrogen-bond acceptors (Lipinski definition) is 4. The Morgan fingerprint density at radius 2 is 2.21 bits per heavy atom. The summed E-state index contributed by atoms with van der Waals surface area (Å²) in [6.45, 7) is 5.01. The van der Waals surface area contributed by atoms with E-state index >= 15 is 0 Å². The number of ether oxygens (including phenoxy) is 1. The van der Waals surface area contributed by atoms with E-state index in [0.29, 0.717) is 5.92 Å². The predicted molar refractivity (Wildman–Crippen MR) is 82.1 cm³/mol. The fraction of sp³-hybridized carbons (Fsp3) is 0.600. The summed E-state index contributed by atoms with van der Waals surface area (Å²) in [4.78, 5) is 3.76. The van der Waals surface area contributed by atoms with Crippen LogP contribution in [0.1, 0.15) is 11.5 Å². The molecular weight excluding hydrogens is 256 g/mol. The Labute approximate surface area is 120 Å². The molecule has 0 saturated heterocycles. The number of rotatable bonds is 8. The lowest BCUT2D eigenvalue weighted by atomic mass is 10.0. The van der Waals surface area contributed by atoms with E-state index in [1.807, 2.05) is 11.8 Å². The third-order valence-corrected chi connectivity index (χ3v) is 4.79. The van der Waals surface area contributed by atoms with Crippen LogP contribution in [0.3, 0.4) is 0 Å². The highest BCUT2D eigenvalue weighted by Crippen LogP contribution is 2.38. The maximum Gasteiger partial charge on any atom is 0.0589 e. The van der Waals surface area contributed by atoms with Crippen LogP contribution in [0.5, 0.6) is 0 Å². The van der Waals surface area contributed by atoms with Gasteiger partial charge in [0.25, 0.3) is 0 Å². The normalized spacial score (nSPS) is 17.9. The number of hydrogen-bond donors (Lipinski definition) is 1. The van der Waals surface area contributed by atoms with Gasteiger partial charge >= 0.3 is 0 Å². The van der Waals surface area contributed by atoms with Crippen LogP contribution < -0.4 is 5.32 Å². The van der Waals surface area contributed by atoms with Crippen molar-refractivity contribution in [1.29, 1.82) is 0 Å². The maximum atomic E-state index is 5.07. The van der Waals surface area contributed by atoms with Gasteiger partial charge in [-0.25, -0.2) is 0 Å². The molecule has 0 radical (unpaired) electrons. The molecule has 1 aromatic carbocycles. The lowest BCUT2D eigenvalue weighted by Gasteiger charge is -2.17. The summed E-state index contributed by atoms with van der Waals surface area (Å²) in [5.74, 6) is 1.89. The molecule has 19 heavy (non-hydrogen) atoms. The van der Waals surface area contributed by atoms with Crippen LogP contribution in [0.4, 0.5) is 0 Å². The Hall–Kier alpha value is -0.550. The number of methoxy groups -OCH3 is 1. The van der Waals surface area contributed by atoms with E-state index in [9.17, 15) is 0 Å². The molecule has 0 aliphatic carbocycles. The molecule has 1 aromatic rings. The Bertz CT molecular complexity index is 386. The molecule has 0 aromatic heterocycles. The standard InChI is InChI=1S/C15H24N2OS/c1-17(9-10-18-2)8-7-16-11-13-12-19-15-6-4-3-5-14(13)15/h3-6,13,16H,7-12H2,1-2H3. The zero-order valence-electron chi connectivity index (χ0n) is 11.9. The van der Waals surface area contributed by atoms with Crippen molar-refractivity contribution in [3.63, 3.8) is 0 Å². The topological polar surface area (TPSA) is 24.5 Å². The molecule has 106 valence electrons. The third-order valence-electron chi connectivity index (χ3n) is 3.54. The van der Waals surface area contributed by atoms with Crippen LogP contribution in [0.25, 0.3) is 0 Å². The average Bonchev–Trinajstić information content (AvgIpc) is 2.85. The molecule has 1 atom stereocenters. The van der Waals surface area contributed by atoms with Gasteiger partial charge in [-0.2, -0.15) is 0 Å². The minimum absolute atomic E-state index is 0.672. The quantitative estimate of drug-likeness (QED) is 0.737. The summed E-state index contributed by atoms with van der Waals surface area (Å²) in [6, 6.07) is 8.79. The van der Waals surface area contributed by atoms with Gasteiger partial charge in [0, 0.05) is 49.9 Å². The number of nitrogens with one attached hydrogen (secondary N) is 1. The molecule has 0 amide bonds. The van der Waals surface area contributed by atoms with Crippen molar-refractivity contribution >= 4 is 11.8 Å². The molecule has 1 aliphatic heterocycles. The number of fused-ring (bicyclic) bond motifs is 1. The van der Waals surface area contributed by atoms with Crippen molar-refractivity contribution in [1.82, 2.24) is 10.2 Å². The number of benzene rings is 1. The largest absolute Gasteiger partial charge is 0.383 e. The predicted octanol–water partition coefficient (Wildman–Crippen LogP) is 2.04. The molecule has 4 heteroatoms. The van der Waals surface area contributed by atoms with Crippen molar-refractivity contribution in [3.05, 3.63) is 29.8 Å². The van der Waals surface area contributed by atoms with Crippen molar-refractivity contribution in [2.45, 2.75) is 10.8 Å². The van der Waals surface area contributed by atoms with Gasteiger partial charge in [-0.1, -0.05) is 18.2 Å². The smallest absolute Gasteiger partial charge is 0.0589 e. The maximum absolute atomic E-state index is 5.07. The van der Waals surface area contributed by atoms with E-state index in [-0.39, 0.29) is 0 Å². The molecule has 0 saturated carbocycles. The molecule has 0 bridgehead atoms. The summed E-state index contributed by atoms with van der Waals surface area (Å²) < 4.78 is 5.07. The van der Waals surface area contributed by atoms with E-state index in [1.165, 1.54) is 16.2 Å². The number of likely N-dealkylation sites (N-methyl/N-ethyl adjacent to an activating group) is 1. The second-order valence-corrected chi connectivity index (χ2v) is 6.11. The van der Waals surface area contributed by atoms with Crippen LogP contribution in [0.15, 0.2) is 29.2 Å². The first-order valence-electron chi connectivity index (χ1n) is 6.91. The van der Waals surface area contributed by atoms with E-state index in [0.717, 1.165) is 32.8 Å². The molecular formula is C15H24N2OS. The van der Waals surface area contributed by atoms with Gasteiger partial charge in [0.05, 0.1) is 6.61 Å². The summed E-state index contributed by atoms with van der Waals surface area (Å²) in [5.41, 5.74) is 1.52. The summed E-state index contributed by atoms with van der Waals surface area (Å²) >= 11 is 1.98. The lowest BCUT2D eigenvalue weighted by molar-refractivity contribution is 0.161. The van der Waals surface area contributed by atoms with Crippen molar-refractivity contribution < 1.29 is 4.74 Å². The second kappa shape index (κ2) is 7.90. The average molecular weight is 280 g/mol. The van der Waals surface area contributed by atoms with Crippen molar-refractivity contribution in [2.24, 2.45) is 0 Å². The van der Waals surface area contributed by atoms with E-state index in [1.54, 1.807) is 7.11 Å². The molecule has 0 spiro atoms. The highest BCUT2D eigenvalue weighted by molar-refractivity contribution is 7.99. The van der Waals surface area contributed by atoms with Gasteiger partial charge in [0.15, 0.2) is 0 Å². The first kappa shape index (κ1) is 14.9. The monoisotopic (exact) mass is 280 g/mol. The molecule has 1 aliphatic rings. The molecule has 1 N–H and O–H groups in total. The minimum atomic E-state index is 0.672. The molecule has 1 heterocycles. The van der Waals surface area contributed by atoms with Gasteiger partial charge in [0.2, 0.25) is 0 Å². The fourth-order valence-corrected chi connectivity index (χ4v) is 3.56. The van der Waals surface area contributed by atoms with E-state index < -0.39 is 0 Å². The first-order valence-corrected chi connectivity index (χ1v) is 7.89. The van der Waals surface area contributed by atoms with E-state index in [4.69, 9.17) is 4.74 Å². The Morgan fingerprint density at radius 1 is 1.37 bits per heavy atom. The summed E-state index contributed by atoms with van der Waals surface area (Å²) in [5, 5.41) is 3.58. The van der Waals surface area contributed by atoms with Crippen molar-refractivity contribution in [3.8, 4) is 0 Å². The number of nitrogens with zero attached hydrogens (tertiary/aromatic N) is 1. The molecule has 1 unspecified atom stereocenters. The third kappa shape index (κ3) is 4.49. The highest BCUT2D eigenvalue weighted by atomic mass is 32.2. The van der Waals surface area contributed by atoms with Gasteiger partial charge in [0.1, 0.15) is 0 Å². The van der Waals surface area contributed by atoms with Gasteiger partial charge in [-0.15, -0.1) is 11.8 Å². The van der Waals surface area contributed by atoms with Crippen LogP contribution >= 0.6 is 11.8 Å². The lowest BCUT2D eigenvalue weighted by Crippen LogP contribution is -2.33. The van der Waals surface area contributed by atoms with E-state index in [2.05, 4.69) is 41.5 Å². The van der Waals surface area contributed by atoms with Gasteiger partial charge < -0.3 is 15.0 Å². The molecule has 0 fully saturated rings. The van der Waals surface area contributed by atoms with Crippen LogP contribution in [-0.4, -0.2) is 57.6 Å². The van der Waals surface area contributed by atoms with Crippen LogP contribution in [0.2, 0.25) is 0 Å². The Kier molecular flexibility index (Phi) is 6.17. The highest BCUT2D eigenvalue weighted by Gasteiger charge is 2.21. The Balaban J connectivity index is 1.65. The first-order chi connectivity index (χ1) is 9.31. The summed E-state index contributed by atoms with van der Waals surface area (Å²) in [7, 11) is 3.89. The summed E-state index contributed by atoms with van der Waals surface area (Å²) in [6.07, 6.45) is 0. The second-order valence-electron chi connectivity index (χ2n) is 5.05. The number of thioether (sulfide) groups is 1.